The predicted molar refractivity (Wildman–Crippen MR) is 82.7 cm³/mol. The quantitative estimate of drug-likeness (QED) is 0.896. The van der Waals surface area contributed by atoms with Crippen LogP contribution in [0.2, 0.25) is 5.02 Å². The van der Waals surface area contributed by atoms with E-state index in [0.717, 1.165) is 12.0 Å². The summed E-state index contributed by atoms with van der Waals surface area (Å²) >= 11 is 6.09. The Balaban J connectivity index is 2.40. The van der Waals surface area contributed by atoms with Crippen molar-refractivity contribution in [2.75, 3.05) is 0 Å². The maximum Gasteiger partial charge on any atom is 0.134 e. The van der Waals surface area contributed by atoms with Gasteiger partial charge in [0.1, 0.15) is 11.5 Å². The number of nitrogens with zero attached hydrogens (tertiary/aromatic N) is 1. The molecule has 0 unspecified atom stereocenters. The molecule has 0 fully saturated rings. The van der Waals surface area contributed by atoms with Gasteiger partial charge in [0.15, 0.2) is 0 Å². The van der Waals surface area contributed by atoms with Crippen molar-refractivity contribution in [2.24, 2.45) is 0 Å². The third kappa shape index (κ3) is 3.55. The summed E-state index contributed by atoms with van der Waals surface area (Å²) in [6.45, 7) is 3.68. The molecule has 0 spiro atoms. The molecule has 0 bridgehead atoms. The Hall–Kier alpha value is -2.02. The molecule has 1 atom stereocenters. The van der Waals surface area contributed by atoms with Crippen LogP contribution in [0.25, 0.3) is 0 Å². The Morgan fingerprint density at radius 2 is 2.05 bits per heavy atom. The average molecular weight is 302 g/mol. The van der Waals surface area contributed by atoms with Crippen molar-refractivity contribution in [3.63, 3.8) is 0 Å². The summed E-state index contributed by atoms with van der Waals surface area (Å²) in [4.78, 5) is 0. The number of nitriles is 1. The molecule has 3 nitrogen and oxygen atoms in total. The number of hydrogen-bond acceptors (Lipinski definition) is 3. The Bertz CT molecular complexity index is 690. The number of benzene rings is 2. The van der Waals surface area contributed by atoms with Gasteiger partial charge in [0.05, 0.1) is 17.7 Å². The second-order valence-corrected chi connectivity index (χ2v) is 5.16. The zero-order chi connectivity index (χ0) is 15.4. The Kier molecular flexibility index (Phi) is 4.85. The van der Waals surface area contributed by atoms with E-state index in [0.29, 0.717) is 27.6 Å². The fourth-order valence-corrected chi connectivity index (χ4v) is 2.30. The van der Waals surface area contributed by atoms with Gasteiger partial charge in [-0.1, -0.05) is 24.6 Å². The molecule has 1 N–H and O–H groups in total. The minimum Gasteiger partial charge on any atom is -0.457 e. The van der Waals surface area contributed by atoms with Gasteiger partial charge in [-0.05, 0) is 49.2 Å². The highest BCUT2D eigenvalue weighted by Gasteiger charge is 2.12. The molecule has 0 radical (unpaired) electrons. The highest BCUT2D eigenvalue weighted by Crippen LogP contribution is 2.32. The van der Waals surface area contributed by atoms with Crippen molar-refractivity contribution in [1.82, 2.24) is 0 Å². The molecule has 0 aromatic heterocycles. The van der Waals surface area contributed by atoms with Gasteiger partial charge >= 0.3 is 0 Å². The summed E-state index contributed by atoms with van der Waals surface area (Å²) in [6.07, 6.45) is 0.128. The van der Waals surface area contributed by atoms with Crippen LogP contribution >= 0.6 is 11.6 Å². The lowest BCUT2D eigenvalue weighted by molar-refractivity contribution is 0.195. The van der Waals surface area contributed by atoms with Crippen molar-refractivity contribution < 1.29 is 9.84 Å². The summed E-state index contributed by atoms with van der Waals surface area (Å²) in [6, 6.07) is 12.5. The molecule has 2 aromatic rings. The lowest BCUT2D eigenvalue weighted by atomic mass is 10.1. The molecule has 0 amide bonds. The number of ether oxygens (including phenoxy) is 1. The van der Waals surface area contributed by atoms with Crippen molar-refractivity contribution in [3.8, 4) is 17.6 Å². The molecule has 0 saturated heterocycles. The standard InChI is InChI=1S/C17H16ClNO2/c1-3-13-9-14(5-7-16(13)18)21-17-8-12(10-19)4-6-15(17)11(2)20/h4-9,11,20H,3H2,1-2H3/t11-/m1/s1. The molecule has 0 aliphatic heterocycles. The van der Waals surface area contributed by atoms with Crippen LogP contribution in [0.1, 0.15) is 36.6 Å². The molecule has 0 heterocycles. The first kappa shape index (κ1) is 15.4. The minimum atomic E-state index is -0.675. The molecule has 2 aromatic carbocycles. The Morgan fingerprint density at radius 1 is 1.29 bits per heavy atom. The molecule has 0 saturated carbocycles. The van der Waals surface area contributed by atoms with Crippen molar-refractivity contribution in [2.45, 2.75) is 26.4 Å². The van der Waals surface area contributed by atoms with Gasteiger partial charge < -0.3 is 9.84 Å². The van der Waals surface area contributed by atoms with Crippen LogP contribution in [-0.4, -0.2) is 5.11 Å². The molecule has 2 rings (SSSR count). The van der Waals surface area contributed by atoms with Crippen molar-refractivity contribution in [1.29, 1.82) is 5.26 Å². The molecule has 21 heavy (non-hydrogen) atoms. The smallest absolute Gasteiger partial charge is 0.134 e. The van der Waals surface area contributed by atoms with Gasteiger partial charge in [0.25, 0.3) is 0 Å². The highest BCUT2D eigenvalue weighted by atomic mass is 35.5. The van der Waals surface area contributed by atoms with Gasteiger partial charge in [-0.25, -0.2) is 0 Å². The first-order chi connectivity index (χ1) is 10.0. The third-order valence-electron chi connectivity index (χ3n) is 3.22. The van der Waals surface area contributed by atoms with Gasteiger partial charge in [-0.15, -0.1) is 0 Å². The zero-order valence-corrected chi connectivity index (χ0v) is 12.7. The van der Waals surface area contributed by atoms with Crippen molar-refractivity contribution in [3.05, 3.63) is 58.1 Å². The van der Waals surface area contributed by atoms with E-state index >= 15 is 0 Å². The number of aliphatic hydroxyl groups is 1. The maximum absolute atomic E-state index is 9.81. The number of rotatable bonds is 4. The third-order valence-corrected chi connectivity index (χ3v) is 3.59. The van der Waals surface area contributed by atoms with Crippen molar-refractivity contribution >= 4 is 11.6 Å². The first-order valence-corrected chi connectivity index (χ1v) is 7.11. The number of aliphatic hydroxyl groups excluding tert-OH is 1. The Labute approximate surface area is 129 Å². The van der Waals surface area contributed by atoms with E-state index < -0.39 is 6.10 Å². The number of halogens is 1. The van der Waals surface area contributed by atoms with E-state index in [2.05, 4.69) is 6.07 Å². The Morgan fingerprint density at radius 3 is 2.67 bits per heavy atom. The van der Waals surface area contributed by atoms with Crippen LogP contribution in [0.3, 0.4) is 0 Å². The van der Waals surface area contributed by atoms with Gasteiger partial charge in [-0.2, -0.15) is 5.26 Å². The molecule has 4 heteroatoms. The van der Waals surface area contributed by atoms with Crippen LogP contribution < -0.4 is 4.74 Å². The molecule has 0 aliphatic carbocycles. The van der Waals surface area contributed by atoms with E-state index in [-0.39, 0.29) is 0 Å². The average Bonchev–Trinajstić information content (AvgIpc) is 2.48. The van der Waals surface area contributed by atoms with Gasteiger partial charge in [0, 0.05) is 10.6 Å². The predicted octanol–water partition coefficient (Wildman–Crippen LogP) is 4.62. The summed E-state index contributed by atoms with van der Waals surface area (Å²) in [7, 11) is 0. The van der Waals surface area contributed by atoms with Crippen LogP contribution in [0.5, 0.6) is 11.5 Å². The maximum atomic E-state index is 9.81. The van der Waals surface area contributed by atoms with E-state index in [1.54, 1.807) is 37.3 Å². The van der Waals surface area contributed by atoms with Crippen LogP contribution in [-0.2, 0) is 6.42 Å². The molecular weight excluding hydrogens is 286 g/mol. The van der Waals surface area contributed by atoms with Crippen LogP contribution in [0.15, 0.2) is 36.4 Å². The van der Waals surface area contributed by atoms with E-state index in [9.17, 15) is 5.11 Å². The lowest BCUT2D eigenvalue weighted by Crippen LogP contribution is -1.97. The monoisotopic (exact) mass is 301 g/mol. The lowest BCUT2D eigenvalue weighted by Gasteiger charge is -2.14. The molecular formula is C17H16ClNO2. The molecule has 108 valence electrons. The fraction of sp³-hybridized carbons (Fsp3) is 0.235. The number of hydrogen-bond donors (Lipinski definition) is 1. The van der Waals surface area contributed by atoms with E-state index in [4.69, 9.17) is 21.6 Å². The second-order valence-electron chi connectivity index (χ2n) is 4.75. The summed E-state index contributed by atoms with van der Waals surface area (Å²) in [5.74, 6) is 1.11. The van der Waals surface area contributed by atoms with E-state index in [1.165, 1.54) is 0 Å². The topological polar surface area (TPSA) is 53.2 Å². The van der Waals surface area contributed by atoms with Crippen LogP contribution in [0, 0.1) is 11.3 Å². The fourth-order valence-electron chi connectivity index (χ4n) is 2.05. The first-order valence-electron chi connectivity index (χ1n) is 6.73. The molecule has 0 aliphatic rings. The van der Waals surface area contributed by atoms with Gasteiger partial charge in [-0.3, -0.25) is 0 Å². The van der Waals surface area contributed by atoms with E-state index in [1.807, 2.05) is 13.0 Å². The second kappa shape index (κ2) is 6.62. The van der Waals surface area contributed by atoms with Gasteiger partial charge in [0.2, 0.25) is 0 Å². The largest absolute Gasteiger partial charge is 0.457 e. The normalized spacial score (nSPS) is 11.8. The summed E-state index contributed by atoms with van der Waals surface area (Å²) in [5.41, 5.74) is 2.12. The SMILES string of the molecule is CCc1cc(Oc2cc(C#N)ccc2[C@@H](C)O)ccc1Cl. The summed E-state index contributed by atoms with van der Waals surface area (Å²) in [5, 5.41) is 19.5. The number of aryl methyl sites for hydroxylation is 1. The minimum absolute atomic E-state index is 0.480. The van der Waals surface area contributed by atoms with Crippen LogP contribution in [0.4, 0.5) is 0 Å². The zero-order valence-electron chi connectivity index (χ0n) is 11.9. The summed E-state index contributed by atoms with van der Waals surface area (Å²) < 4.78 is 5.84. The highest BCUT2D eigenvalue weighted by molar-refractivity contribution is 6.31.